The number of benzene rings is 3. The molecule has 3 aromatic carbocycles. The molecule has 3 aromatic rings. The molecule has 7 heteroatoms. The first-order valence-corrected chi connectivity index (χ1v) is 12.7. The van der Waals surface area contributed by atoms with E-state index >= 15 is 0 Å². The lowest BCUT2D eigenvalue weighted by Gasteiger charge is -2.38. The van der Waals surface area contributed by atoms with Gasteiger partial charge in [-0.25, -0.2) is 0 Å². The summed E-state index contributed by atoms with van der Waals surface area (Å²) in [6, 6.07) is 23.6. The number of hydrogen-bond donors (Lipinski definition) is 2. The van der Waals surface area contributed by atoms with Gasteiger partial charge < -0.3 is 25.0 Å². The molecule has 2 aliphatic rings. The van der Waals surface area contributed by atoms with Crippen molar-refractivity contribution in [2.24, 2.45) is 0 Å². The number of ether oxygens (including phenoxy) is 2. The van der Waals surface area contributed by atoms with E-state index in [4.69, 9.17) is 9.47 Å². The van der Waals surface area contributed by atoms with Gasteiger partial charge >= 0.3 is 0 Å². The van der Waals surface area contributed by atoms with Crippen LogP contribution in [0.25, 0.3) is 0 Å². The van der Waals surface area contributed by atoms with E-state index in [9.17, 15) is 9.59 Å². The van der Waals surface area contributed by atoms with Crippen LogP contribution in [-0.2, 0) is 22.7 Å². The van der Waals surface area contributed by atoms with E-state index in [0.717, 1.165) is 39.6 Å². The van der Waals surface area contributed by atoms with Gasteiger partial charge in [-0.3, -0.25) is 9.59 Å². The van der Waals surface area contributed by atoms with E-state index < -0.39 is 0 Å². The molecule has 0 aromatic heterocycles. The molecule has 0 saturated heterocycles. The molecule has 7 nitrogen and oxygen atoms in total. The largest absolute Gasteiger partial charge is 0.496 e. The van der Waals surface area contributed by atoms with Crippen LogP contribution in [0.1, 0.15) is 53.0 Å². The molecule has 0 saturated carbocycles. The van der Waals surface area contributed by atoms with Gasteiger partial charge in [0, 0.05) is 36.8 Å². The summed E-state index contributed by atoms with van der Waals surface area (Å²) in [4.78, 5) is 26.8. The second kappa shape index (κ2) is 11.3. The summed E-state index contributed by atoms with van der Waals surface area (Å²) in [6.07, 6.45) is 4.83. The molecule has 0 bridgehead atoms. The molecule has 38 heavy (non-hydrogen) atoms. The number of methoxy groups -OCH3 is 1. The smallest absolute Gasteiger partial charge is 0.258 e. The van der Waals surface area contributed by atoms with E-state index in [0.29, 0.717) is 31.6 Å². The number of carbonyl (C=O) groups is 2. The fraction of sp³-hybridized carbons (Fsp3) is 0.226. The van der Waals surface area contributed by atoms with Crippen molar-refractivity contribution in [1.29, 1.82) is 0 Å². The third kappa shape index (κ3) is 5.57. The Hall–Kier alpha value is -4.52. The summed E-state index contributed by atoms with van der Waals surface area (Å²) in [5, 5.41) is 6.41. The van der Waals surface area contributed by atoms with Crippen molar-refractivity contribution < 1.29 is 19.1 Å². The maximum Gasteiger partial charge on any atom is 0.258 e. The van der Waals surface area contributed by atoms with E-state index in [1.807, 2.05) is 89.8 Å². The number of nitrogens with one attached hydrogen (secondary N) is 2. The molecule has 0 radical (unpaired) electrons. The van der Waals surface area contributed by atoms with Gasteiger partial charge in [0.05, 0.1) is 18.4 Å². The maximum atomic E-state index is 13.6. The van der Waals surface area contributed by atoms with Gasteiger partial charge in [0.2, 0.25) is 5.91 Å². The summed E-state index contributed by atoms with van der Waals surface area (Å²) < 4.78 is 11.8. The van der Waals surface area contributed by atoms with Crippen molar-refractivity contribution in [3.05, 3.63) is 119 Å². The Kier molecular flexibility index (Phi) is 7.45. The highest BCUT2D eigenvalue weighted by atomic mass is 16.5. The van der Waals surface area contributed by atoms with Crippen molar-refractivity contribution in [3.63, 3.8) is 0 Å². The minimum atomic E-state index is -0.362. The molecule has 194 valence electrons. The Labute approximate surface area is 222 Å². The van der Waals surface area contributed by atoms with E-state index in [1.54, 1.807) is 7.11 Å². The molecule has 0 fully saturated rings. The highest BCUT2D eigenvalue weighted by molar-refractivity contribution is 6.01. The lowest BCUT2D eigenvalue weighted by molar-refractivity contribution is -0.118. The van der Waals surface area contributed by atoms with Gasteiger partial charge in [0.25, 0.3) is 5.91 Å². The van der Waals surface area contributed by atoms with Crippen LogP contribution in [0, 0.1) is 0 Å². The topological polar surface area (TPSA) is 79.9 Å². The van der Waals surface area contributed by atoms with Gasteiger partial charge in [0.15, 0.2) is 0 Å². The Morgan fingerprint density at radius 3 is 2.55 bits per heavy atom. The fourth-order valence-corrected chi connectivity index (χ4v) is 4.82. The van der Waals surface area contributed by atoms with Crippen LogP contribution in [0.4, 0.5) is 5.69 Å². The number of para-hydroxylation sites is 1. The fourth-order valence-electron chi connectivity index (χ4n) is 4.82. The highest BCUT2D eigenvalue weighted by Gasteiger charge is 2.33. The second-order valence-corrected chi connectivity index (χ2v) is 9.38. The number of fused-ring (bicyclic) bond motifs is 1. The lowest BCUT2D eigenvalue weighted by Crippen LogP contribution is -2.42. The van der Waals surface area contributed by atoms with E-state index in [-0.39, 0.29) is 18.0 Å². The SMILES string of the molecule is COc1ccc(C2Nc3ccccc3C(=O)N2Cc2ccccc2)cc1COC1=CC=C(NC(C)=O)CC1. The Morgan fingerprint density at radius 1 is 1.03 bits per heavy atom. The minimum Gasteiger partial charge on any atom is -0.496 e. The van der Waals surface area contributed by atoms with Crippen LogP contribution in [0.2, 0.25) is 0 Å². The highest BCUT2D eigenvalue weighted by Crippen LogP contribution is 2.36. The van der Waals surface area contributed by atoms with Crippen LogP contribution >= 0.6 is 0 Å². The average molecular weight is 510 g/mol. The lowest BCUT2D eigenvalue weighted by atomic mass is 10.0. The Bertz CT molecular complexity index is 1400. The number of rotatable bonds is 8. The number of anilines is 1. The van der Waals surface area contributed by atoms with Gasteiger partial charge in [-0.05, 0) is 54.0 Å². The monoisotopic (exact) mass is 509 g/mol. The summed E-state index contributed by atoms with van der Waals surface area (Å²) in [7, 11) is 1.64. The number of hydrogen-bond acceptors (Lipinski definition) is 5. The first kappa shape index (κ1) is 25.1. The predicted molar refractivity (Wildman–Crippen MR) is 146 cm³/mol. The first-order valence-electron chi connectivity index (χ1n) is 12.7. The molecule has 2 N–H and O–H groups in total. The van der Waals surface area contributed by atoms with Gasteiger partial charge in [0.1, 0.15) is 18.5 Å². The molecule has 1 unspecified atom stereocenters. The van der Waals surface area contributed by atoms with Crippen LogP contribution in [-0.4, -0.2) is 23.8 Å². The Morgan fingerprint density at radius 2 is 1.82 bits per heavy atom. The average Bonchev–Trinajstić information content (AvgIpc) is 2.94. The minimum absolute atomic E-state index is 0.0176. The molecular formula is C31H31N3O4. The van der Waals surface area contributed by atoms with Crippen molar-refractivity contribution in [2.75, 3.05) is 12.4 Å². The third-order valence-corrected chi connectivity index (χ3v) is 6.70. The third-order valence-electron chi connectivity index (χ3n) is 6.70. The van der Waals surface area contributed by atoms with Crippen molar-refractivity contribution in [2.45, 2.75) is 39.1 Å². The summed E-state index contributed by atoms with van der Waals surface area (Å²) in [5.41, 5.74) is 5.24. The zero-order valence-corrected chi connectivity index (χ0v) is 21.6. The van der Waals surface area contributed by atoms with E-state index in [1.165, 1.54) is 6.92 Å². The molecule has 1 aliphatic heterocycles. The summed E-state index contributed by atoms with van der Waals surface area (Å²) >= 11 is 0. The molecule has 1 heterocycles. The summed E-state index contributed by atoms with van der Waals surface area (Å²) in [6.45, 7) is 2.30. The summed E-state index contributed by atoms with van der Waals surface area (Å²) in [5.74, 6) is 1.47. The van der Waals surface area contributed by atoms with Crippen LogP contribution < -0.4 is 15.4 Å². The van der Waals surface area contributed by atoms with Crippen molar-refractivity contribution in [3.8, 4) is 5.75 Å². The normalized spacial score (nSPS) is 16.5. The zero-order valence-electron chi connectivity index (χ0n) is 21.6. The second-order valence-electron chi connectivity index (χ2n) is 9.38. The standard InChI is InChI=1S/C31H31N3O4/c1-21(35)32-25-13-15-26(16-14-25)38-20-24-18-23(12-17-29(24)37-2)30-33-28-11-7-6-10-27(28)31(36)34(30)19-22-8-4-3-5-9-22/h3-13,15,17-18,30,33H,14,16,19-20H2,1-2H3,(H,32,35). The number of amides is 2. The number of nitrogens with zero attached hydrogens (tertiary/aromatic N) is 1. The van der Waals surface area contributed by atoms with Crippen LogP contribution in [0.15, 0.2) is 96.4 Å². The van der Waals surface area contributed by atoms with Crippen molar-refractivity contribution in [1.82, 2.24) is 10.2 Å². The maximum absolute atomic E-state index is 13.6. The molecule has 0 spiro atoms. The quantitative estimate of drug-likeness (QED) is 0.409. The molecule has 1 aliphatic carbocycles. The molecule has 2 amide bonds. The number of carbonyl (C=O) groups excluding carboxylic acids is 2. The zero-order chi connectivity index (χ0) is 26.5. The van der Waals surface area contributed by atoms with Gasteiger partial charge in [-0.2, -0.15) is 0 Å². The number of allylic oxidation sites excluding steroid dienone is 4. The molecule has 5 rings (SSSR count). The molecule has 1 atom stereocenters. The Balaban J connectivity index is 1.41. The van der Waals surface area contributed by atoms with Crippen molar-refractivity contribution >= 4 is 17.5 Å². The van der Waals surface area contributed by atoms with Crippen LogP contribution in [0.5, 0.6) is 5.75 Å². The van der Waals surface area contributed by atoms with Gasteiger partial charge in [-0.1, -0.05) is 48.5 Å². The predicted octanol–water partition coefficient (Wildman–Crippen LogP) is 5.68. The molecular weight excluding hydrogens is 478 g/mol. The first-order chi connectivity index (χ1) is 18.5. The van der Waals surface area contributed by atoms with E-state index in [2.05, 4.69) is 10.6 Å². The van der Waals surface area contributed by atoms with Crippen LogP contribution in [0.3, 0.4) is 0 Å². The van der Waals surface area contributed by atoms with Gasteiger partial charge in [-0.15, -0.1) is 0 Å².